The summed E-state index contributed by atoms with van der Waals surface area (Å²) in [5.74, 6) is 1.09. The average Bonchev–Trinajstić information content (AvgIpc) is 2.32. The fourth-order valence-corrected chi connectivity index (χ4v) is 3.08. The normalized spacial score (nSPS) is 11.2. The molecule has 0 bridgehead atoms. The van der Waals surface area contributed by atoms with Crippen molar-refractivity contribution in [3.63, 3.8) is 0 Å². The zero-order chi connectivity index (χ0) is 13.4. The molecule has 102 valence electrons. The van der Waals surface area contributed by atoms with Crippen LogP contribution in [0.5, 0.6) is 0 Å². The molecule has 4 heteroatoms. The Labute approximate surface area is 120 Å². The number of thioether (sulfide) groups is 1. The first-order chi connectivity index (χ1) is 8.65. The third-order valence-corrected chi connectivity index (χ3v) is 4.03. The highest BCUT2D eigenvalue weighted by Crippen LogP contribution is 2.28. The van der Waals surface area contributed by atoms with Gasteiger partial charge in [0.25, 0.3) is 0 Å². The molecule has 0 aliphatic carbocycles. The summed E-state index contributed by atoms with van der Waals surface area (Å²) in [5, 5.41) is 4.29. The first-order valence-corrected chi connectivity index (χ1v) is 7.77. The molecule has 1 aromatic rings. The SMILES string of the molecule is CCCNCc1c(Cl)cccc1SCCN(C)C. The van der Waals surface area contributed by atoms with E-state index in [0.29, 0.717) is 0 Å². The van der Waals surface area contributed by atoms with Crippen LogP contribution in [-0.4, -0.2) is 37.8 Å². The van der Waals surface area contributed by atoms with Crippen LogP contribution in [0, 0.1) is 0 Å². The predicted octanol–water partition coefficient (Wildman–Crippen LogP) is 3.49. The lowest BCUT2D eigenvalue weighted by Gasteiger charge is -2.13. The van der Waals surface area contributed by atoms with E-state index in [2.05, 4.69) is 37.3 Å². The molecule has 0 fully saturated rings. The van der Waals surface area contributed by atoms with Gasteiger partial charge in [0.1, 0.15) is 0 Å². The Hall–Kier alpha value is -0.220. The molecular formula is C14H23ClN2S. The molecule has 0 aromatic heterocycles. The molecule has 0 saturated heterocycles. The van der Waals surface area contributed by atoms with Gasteiger partial charge in [0.2, 0.25) is 0 Å². The topological polar surface area (TPSA) is 15.3 Å². The molecule has 0 atom stereocenters. The first-order valence-electron chi connectivity index (χ1n) is 6.40. The van der Waals surface area contributed by atoms with Gasteiger partial charge in [0, 0.05) is 28.8 Å². The van der Waals surface area contributed by atoms with Gasteiger partial charge in [-0.2, -0.15) is 0 Å². The quantitative estimate of drug-likeness (QED) is 0.582. The van der Waals surface area contributed by atoms with Crippen molar-refractivity contribution < 1.29 is 0 Å². The Morgan fingerprint density at radius 2 is 2.11 bits per heavy atom. The Kier molecular flexibility index (Phi) is 7.75. The van der Waals surface area contributed by atoms with Crippen molar-refractivity contribution >= 4 is 23.4 Å². The van der Waals surface area contributed by atoms with Gasteiger partial charge in [0.15, 0.2) is 0 Å². The zero-order valence-corrected chi connectivity index (χ0v) is 13.1. The maximum Gasteiger partial charge on any atom is 0.0462 e. The van der Waals surface area contributed by atoms with Crippen LogP contribution < -0.4 is 5.32 Å². The Bertz CT molecular complexity index is 356. The van der Waals surface area contributed by atoms with Crippen LogP contribution in [0.3, 0.4) is 0 Å². The van der Waals surface area contributed by atoms with E-state index in [4.69, 9.17) is 11.6 Å². The number of nitrogens with zero attached hydrogens (tertiary/aromatic N) is 1. The summed E-state index contributed by atoms with van der Waals surface area (Å²) < 4.78 is 0. The monoisotopic (exact) mass is 286 g/mol. The standard InChI is InChI=1S/C14H23ClN2S/c1-4-8-16-11-12-13(15)6-5-7-14(12)18-10-9-17(2)3/h5-7,16H,4,8-11H2,1-3H3. The van der Waals surface area contributed by atoms with E-state index in [-0.39, 0.29) is 0 Å². The fourth-order valence-electron chi connectivity index (χ4n) is 1.57. The summed E-state index contributed by atoms with van der Waals surface area (Å²) in [7, 11) is 4.20. The molecule has 0 radical (unpaired) electrons. The second-order valence-electron chi connectivity index (χ2n) is 4.55. The van der Waals surface area contributed by atoms with Gasteiger partial charge in [-0.3, -0.25) is 0 Å². The molecule has 18 heavy (non-hydrogen) atoms. The van der Waals surface area contributed by atoms with Gasteiger partial charge in [-0.1, -0.05) is 24.6 Å². The number of halogens is 1. The fraction of sp³-hybridized carbons (Fsp3) is 0.571. The van der Waals surface area contributed by atoms with E-state index in [1.54, 1.807) is 0 Å². The van der Waals surface area contributed by atoms with Crippen molar-refractivity contribution in [3.8, 4) is 0 Å². The van der Waals surface area contributed by atoms with Crippen molar-refractivity contribution in [2.24, 2.45) is 0 Å². The lowest BCUT2D eigenvalue weighted by atomic mass is 10.2. The van der Waals surface area contributed by atoms with Crippen LogP contribution in [0.15, 0.2) is 23.1 Å². The highest BCUT2D eigenvalue weighted by Gasteiger charge is 2.07. The van der Waals surface area contributed by atoms with Gasteiger partial charge in [-0.25, -0.2) is 0 Å². The number of rotatable bonds is 8. The zero-order valence-electron chi connectivity index (χ0n) is 11.5. The highest BCUT2D eigenvalue weighted by molar-refractivity contribution is 7.99. The minimum Gasteiger partial charge on any atom is -0.313 e. The molecule has 0 amide bonds. The van der Waals surface area contributed by atoms with Gasteiger partial charge in [-0.15, -0.1) is 11.8 Å². The molecular weight excluding hydrogens is 264 g/mol. The first kappa shape index (κ1) is 15.8. The van der Waals surface area contributed by atoms with Crippen LogP contribution in [0.1, 0.15) is 18.9 Å². The summed E-state index contributed by atoms with van der Waals surface area (Å²) in [6, 6.07) is 6.17. The minimum absolute atomic E-state index is 0.859. The van der Waals surface area contributed by atoms with Crippen molar-refractivity contribution in [1.82, 2.24) is 10.2 Å². The maximum atomic E-state index is 6.29. The van der Waals surface area contributed by atoms with Gasteiger partial charge >= 0.3 is 0 Å². The Balaban J connectivity index is 2.61. The lowest BCUT2D eigenvalue weighted by molar-refractivity contribution is 0.437. The van der Waals surface area contributed by atoms with E-state index < -0.39 is 0 Å². The summed E-state index contributed by atoms with van der Waals surface area (Å²) >= 11 is 8.17. The minimum atomic E-state index is 0.859. The molecule has 1 rings (SSSR count). The molecule has 1 aromatic carbocycles. The van der Waals surface area contributed by atoms with E-state index in [1.807, 2.05) is 23.9 Å². The van der Waals surface area contributed by atoms with Crippen molar-refractivity contribution in [2.75, 3.05) is 32.9 Å². The molecule has 0 unspecified atom stereocenters. The number of hydrogen-bond donors (Lipinski definition) is 1. The van der Waals surface area contributed by atoms with Crippen molar-refractivity contribution in [2.45, 2.75) is 24.8 Å². The predicted molar refractivity (Wildman–Crippen MR) is 82.7 cm³/mol. The van der Waals surface area contributed by atoms with E-state index in [0.717, 1.165) is 36.8 Å². The van der Waals surface area contributed by atoms with Crippen LogP contribution in [0.25, 0.3) is 0 Å². The molecule has 0 aliphatic rings. The third-order valence-electron chi connectivity index (χ3n) is 2.60. The smallest absolute Gasteiger partial charge is 0.0462 e. The molecule has 1 N–H and O–H groups in total. The maximum absolute atomic E-state index is 6.29. The summed E-state index contributed by atoms with van der Waals surface area (Å²) in [6.45, 7) is 5.15. The molecule has 0 spiro atoms. The van der Waals surface area contributed by atoms with Crippen molar-refractivity contribution in [3.05, 3.63) is 28.8 Å². The van der Waals surface area contributed by atoms with E-state index in [9.17, 15) is 0 Å². The summed E-state index contributed by atoms with van der Waals surface area (Å²) in [6.07, 6.45) is 1.15. The number of hydrogen-bond acceptors (Lipinski definition) is 3. The highest BCUT2D eigenvalue weighted by atomic mass is 35.5. The van der Waals surface area contributed by atoms with Crippen LogP contribution in [0.4, 0.5) is 0 Å². The van der Waals surface area contributed by atoms with Crippen LogP contribution in [-0.2, 0) is 6.54 Å². The molecule has 0 saturated carbocycles. The van der Waals surface area contributed by atoms with Crippen molar-refractivity contribution in [1.29, 1.82) is 0 Å². The van der Waals surface area contributed by atoms with E-state index >= 15 is 0 Å². The van der Waals surface area contributed by atoms with Crippen LogP contribution >= 0.6 is 23.4 Å². The Morgan fingerprint density at radius 1 is 1.33 bits per heavy atom. The summed E-state index contributed by atoms with van der Waals surface area (Å²) in [5.41, 5.74) is 1.23. The number of benzene rings is 1. The second-order valence-corrected chi connectivity index (χ2v) is 6.09. The molecule has 2 nitrogen and oxygen atoms in total. The van der Waals surface area contributed by atoms with E-state index in [1.165, 1.54) is 10.5 Å². The largest absolute Gasteiger partial charge is 0.313 e. The Morgan fingerprint density at radius 3 is 2.78 bits per heavy atom. The second kappa shape index (κ2) is 8.81. The average molecular weight is 287 g/mol. The van der Waals surface area contributed by atoms with Gasteiger partial charge in [-0.05, 0) is 44.8 Å². The van der Waals surface area contributed by atoms with Crippen LogP contribution in [0.2, 0.25) is 5.02 Å². The third kappa shape index (κ3) is 5.61. The van der Waals surface area contributed by atoms with Gasteiger partial charge in [0.05, 0.1) is 0 Å². The lowest BCUT2D eigenvalue weighted by Crippen LogP contribution is -2.16. The molecule has 0 heterocycles. The number of nitrogens with one attached hydrogen (secondary N) is 1. The van der Waals surface area contributed by atoms with Gasteiger partial charge < -0.3 is 10.2 Å². The summed E-state index contributed by atoms with van der Waals surface area (Å²) in [4.78, 5) is 3.50. The molecule has 0 aliphatic heterocycles.